The molecule has 0 fully saturated rings. The van der Waals surface area contributed by atoms with Crippen LogP contribution in [0.25, 0.3) is 0 Å². The number of hydroxylamine groups is 2. The third kappa shape index (κ3) is 29.9. The molecule has 2 nitrogen and oxygen atoms in total. The van der Waals surface area contributed by atoms with Crippen LogP contribution in [-0.4, -0.2) is 23.4 Å². The van der Waals surface area contributed by atoms with Crippen LogP contribution in [0, 0.1) is 0 Å². The van der Waals surface area contributed by atoms with Crippen molar-refractivity contribution in [3.63, 3.8) is 0 Å². The fraction of sp³-hybridized carbons (Fsp3) is 1.00. The molecule has 1 N–H and O–H groups in total. The highest BCUT2D eigenvalue weighted by molar-refractivity contribution is 4.53. The second-order valence-corrected chi connectivity index (χ2v) is 10.8. The first kappa shape index (κ1) is 32.9. The van der Waals surface area contributed by atoms with Crippen molar-refractivity contribution in [2.75, 3.05) is 13.1 Å². The predicted octanol–water partition coefficient (Wildman–Crippen LogP) is 11.3. The van der Waals surface area contributed by atoms with Gasteiger partial charge in [-0.2, -0.15) is 5.06 Å². The molecule has 0 bridgehead atoms. The lowest BCUT2D eigenvalue weighted by Crippen LogP contribution is -2.21. The molecule has 0 unspecified atom stereocenters. The Kier molecular flexibility index (Phi) is 29.9. The summed E-state index contributed by atoms with van der Waals surface area (Å²) in [5.74, 6) is 0. The first-order valence-corrected chi connectivity index (χ1v) is 15.7. The summed E-state index contributed by atoms with van der Waals surface area (Å²) in [4.78, 5) is 0. The quantitative estimate of drug-likeness (QED) is 0.0873. The Morgan fingerprint density at radius 1 is 0.303 bits per heavy atom. The first-order chi connectivity index (χ1) is 16.3. The molecule has 0 saturated carbocycles. The highest BCUT2D eigenvalue weighted by atomic mass is 16.5. The Morgan fingerprint density at radius 3 is 0.697 bits per heavy atom. The maximum atomic E-state index is 10.1. The van der Waals surface area contributed by atoms with Gasteiger partial charge in [0.25, 0.3) is 0 Å². The normalized spacial score (nSPS) is 11.6. The molecule has 0 aliphatic carbocycles. The van der Waals surface area contributed by atoms with E-state index in [2.05, 4.69) is 13.8 Å². The molecule has 200 valence electrons. The van der Waals surface area contributed by atoms with E-state index in [0.717, 1.165) is 25.9 Å². The van der Waals surface area contributed by atoms with E-state index < -0.39 is 0 Å². The molecule has 0 radical (unpaired) electrons. The van der Waals surface area contributed by atoms with Gasteiger partial charge in [-0.25, -0.2) is 0 Å². The minimum absolute atomic E-state index is 0.871. The van der Waals surface area contributed by atoms with Crippen molar-refractivity contribution in [1.29, 1.82) is 0 Å². The summed E-state index contributed by atoms with van der Waals surface area (Å²) in [6.07, 6.45) is 37.5. The van der Waals surface area contributed by atoms with Crippen molar-refractivity contribution in [3.8, 4) is 0 Å². The van der Waals surface area contributed by atoms with Crippen LogP contribution in [0.5, 0.6) is 0 Å². The number of hydrogen-bond donors (Lipinski definition) is 1. The Hall–Kier alpha value is -0.0800. The second kappa shape index (κ2) is 30.0. The molecule has 0 atom stereocenters. The van der Waals surface area contributed by atoms with E-state index in [0.29, 0.717) is 0 Å². The van der Waals surface area contributed by atoms with Gasteiger partial charge in [0.1, 0.15) is 0 Å². The van der Waals surface area contributed by atoms with Crippen molar-refractivity contribution >= 4 is 0 Å². The van der Waals surface area contributed by atoms with Crippen LogP contribution in [0.3, 0.4) is 0 Å². The topological polar surface area (TPSA) is 23.5 Å². The lowest BCUT2D eigenvalue weighted by atomic mass is 10.0. The lowest BCUT2D eigenvalue weighted by molar-refractivity contribution is -0.0925. The van der Waals surface area contributed by atoms with Crippen molar-refractivity contribution in [2.45, 2.75) is 187 Å². The summed E-state index contributed by atoms with van der Waals surface area (Å²) >= 11 is 0. The van der Waals surface area contributed by atoms with Crippen LogP contribution in [0.4, 0.5) is 0 Å². The molecule has 33 heavy (non-hydrogen) atoms. The number of unbranched alkanes of at least 4 members (excludes halogenated alkanes) is 25. The summed E-state index contributed by atoms with van der Waals surface area (Å²) in [7, 11) is 0. The Labute approximate surface area is 210 Å². The van der Waals surface area contributed by atoms with Crippen molar-refractivity contribution in [1.82, 2.24) is 5.06 Å². The molecule has 0 amide bonds. The molecule has 0 aromatic heterocycles. The molecular weight excluding hydrogens is 402 g/mol. The maximum absolute atomic E-state index is 10.1. The van der Waals surface area contributed by atoms with E-state index in [-0.39, 0.29) is 0 Å². The van der Waals surface area contributed by atoms with Gasteiger partial charge in [0, 0.05) is 13.1 Å². The van der Waals surface area contributed by atoms with Gasteiger partial charge in [-0.05, 0) is 12.8 Å². The monoisotopic (exact) mass is 468 g/mol. The first-order valence-electron chi connectivity index (χ1n) is 15.7. The van der Waals surface area contributed by atoms with Crippen LogP contribution < -0.4 is 0 Å². The number of hydrogen-bond acceptors (Lipinski definition) is 2. The molecular formula is C31H65NO. The largest absolute Gasteiger partial charge is 0.314 e. The Bertz CT molecular complexity index is 333. The summed E-state index contributed by atoms with van der Waals surface area (Å²) in [5, 5.41) is 11.6. The second-order valence-electron chi connectivity index (χ2n) is 10.8. The van der Waals surface area contributed by atoms with Crippen molar-refractivity contribution in [2.24, 2.45) is 0 Å². The van der Waals surface area contributed by atoms with Crippen LogP contribution >= 0.6 is 0 Å². The molecule has 0 aromatic carbocycles. The maximum Gasteiger partial charge on any atom is 0.0238 e. The van der Waals surface area contributed by atoms with Crippen LogP contribution in [-0.2, 0) is 0 Å². The predicted molar refractivity (Wildman–Crippen MR) is 149 cm³/mol. The van der Waals surface area contributed by atoms with E-state index in [1.807, 2.05) is 0 Å². The minimum Gasteiger partial charge on any atom is -0.314 e. The van der Waals surface area contributed by atoms with E-state index in [4.69, 9.17) is 0 Å². The van der Waals surface area contributed by atoms with Crippen LogP contribution in [0.15, 0.2) is 0 Å². The van der Waals surface area contributed by atoms with E-state index >= 15 is 0 Å². The average molecular weight is 468 g/mol. The lowest BCUT2D eigenvalue weighted by Gasteiger charge is -2.14. The summed E-state index contributed by atoms with van der Waals surface area (Å²) < 4.78 is 0. The molecule has 0 heterocycles. The van der Waals surface area contributed by atoms with Crippen molar-refractivity contribution in [3.05, 3.63) is 0 Å². The zero-order chi connectivity index (χ0) is 24.1. The third-order valence-electron chi connectivity index (χ3n) is 7.29. The third-order valence-corrected chi connectivity index (χ3v) is 7.29. The van der Waals surface area contributed by atoms with Gasteiger partial charge in [0.05, 0.1) is 0 Å². The smallest absolute Gasteiger partial charge is 0.0238 e. The van der Waals surface area contributed by atoms with Gasteiger partial charge in [0.15, 0.2) is 0 Å². The molecule has 0 aliphatic rings. The van der Waals surface area contributed by atoms with Gasteiger partial charge >= 0.3 is 0 Å². The zero-order valence-corrected chi connectivity index (χ0v) is 23.4. The van der Waals surface area contributed by atoms with Crippen LogP contribution in [0.1, 0.15) is 187 Å². The van der Waals surface area contributed by atoms with Gasteiger partial charge < -0.3 is 5.21 Å². The zero-order valence-electron chi connectivity index (χ0n) is 23.4. The average Bonchev–Trinajstić information content (AvgIpc) is 2.82. The van der Waals surface area contributed by atoms with Gasteiger partial charge in [-0.15, -0.1) is 0 Å². The summed E-state index contributed by atoms with van der Waals surface area (Å²) in [6.45, 7) is 6.33. The summed E-state index contributed by atoms with van der Waals surface area (Å²) in [6, 6.07) is 0. The van der Waals surface area contributed by atoms with Gasteiger partial charge in [-0.3, -0.25) is 0 Å². The fourth-order valence-corrected chi connectivity index (χ4v) is 4.91. The standard InChI is InChI=1S/C31H65NO/c1-3-5-7-9-11-13-15-17-19-21-23-25-27-29-31-32(33)30-28-26-24-22-20-18-16-14-12-10-8-6-4-2/h33H,3-31H2,1-2H3. The summed E-state index contributed by atoms with van der Waals surface area (Å²) in [5.41, 5.74) is 0. The highest BCUT2D eigenvalue weighted by Gasteiger charge is 2.01. The Morgan fingerprint density at radius 2 is 0.485 bits per heavy atom. The molecule has 0 rings (SSSR count). The SMILES string of the molecule is CCCCCCCCCCCCCCCCN(O)CCCCCCCCCCCCCCC. The minimum atomic E-state index is 0.871. The van der Waals surface area contributed by atoms with Gasteiger partial charge in [0.2, 0.25) is 0 Å². The fourth-order valence-electron chi connectivity index (χ4n) is 4.91. The van der Waals surface area contributed by atoms with E-state index in [1.165, 1.54) is 161 Å². The molecule has 0 saturated heterocycles. The number of rotatable bonds is 29. The van der Waals surface area contributed by atoms with Crippen molar-refractivity contribution < 1.29 is 5.21 Å². The van der Waals surface area contributed by atoms with Gasteiger partial charge in [-0.1, -0.05) is 174 Å². The highest BCUT2D eigenvalue weighted by Crippen LogP contribution is 2.14. The van der Waals surface area contributed by atoms with Crippen LogP contribution in [0.2, 0.25) is 0 Å². The molecule has 2 heteroatoms. The number of nitrogens with zero attached hydrogens (tertiary/aromatic N) is 1. The molecule has 0 spiro atoms. The van der Waals surface area contributed by atoms with E-state index in [1.54, 1.807) is 5.06 Å². The molecule has 0 aliphatic heterocycles. The molecule has 0 aromatic rings. The Balaban J connectivity index is 3.13. The van der Waals surface area contributed by atoms with E-state index in [9.17, 15) is 5.21 Å².